The number of ether oxygens (including phenoxy) is 1. The Kier molecular flexibility index (Phi) is 5.03. The molecule has 7 heteroatoms. The average molecular weight is 340 g/mol. The Morgan fingerprint density at radius 3 is 2.84 bits per heavy atom. The molecule has 3 rings (SSSR count). The van der Waals surface area contributed by atoms with Crippen molar-refractivity contribution in [2.45, 2.75) is 20.1 Å². The van der Waals surface area contributed by atoms with Gasteiger partial charge in [0, 0.05) is 11.6 Å². The van der Waals surface area contributed by atoms with E-state index in [0.717, 1.165) is 5.56 Å². The van der Waals surface area contributed by atoms with Gasteiger partial charge < -0.3 is 10.1 Å². The predicted octanol–water partition coefficient (Wildman–Crippen LogP) is 2.76. The largest absolute Gasteiger partial charge is 0.489 e. The highest BCUT2D eigenvalue weighted by Crippen LogP contribution is 2.15. The summed E-state index contributed by atoms with van der Waals surface area (Å²) in [6, 6.07) is 13.0. The molecular weight excluding hydrogens is 323 g/mol. The SMILES string of the molecule is Cc1nc(CNC(=O)c2cccc(COc3cccc(F)c3)c2)n[nH]1. The maximum atomic E-state index is 13.1. The van der Waals surface area contributed by atoms with Crippen molar-refractivity contribution < 1.29 is 13.9 Å². The number of carbonyl (C=O) groups excluding carboxylic acids is 1. The Morgan fingerprint density at radius 2 is 2.08 bits per heavy atom. The molecule has 0 unspecified atom stereocenters. The first kappa shape index (κ1) is 16.6. The highest BCUT2D eigenvalue weighted by Gasteiger charge is 2.08. The number of aryl methyl sites for hydroxylation is 1. The second-order valence-corrected chi connectivity index (χ2v) is 5.47. The lowest BCUT2D eigenvalue weighted by atomic mass is 10.1. The fraction of sp³-hybridized carbons (Fsp3) is 0.167. The first-order valence-corrected chi connectivity index (χ1v) is 7.73. The van der Waals surface area contributed by atoms with Gasteiger partial charge in [-0.2, -0.15) is 5.10 Å². The number of halogens is 1. The molecule has 0 spiro atoms. The molecule has 0 saturated carbocycles. The third kappa shape index (κ3) is 4.63. The Hall–Kier alpha value is -3.22. The fourth-order valence-corrected chi connectivity index (χ4v) is 2.26. The zero-order valence-corrected chi connectivity index (χ0v) is 13.6. The molecule has 0 atom stereocenters. The van der Waals surface area contributed by atoms with Gasteiger partial charge in [0.25, 0.3) is 5.91 Å². The fourth-order valence-electron chi connectivity index (χ4n) is 2.26. The minimum Gasteiger partial charge on any atom is -0.489 e. The van der Waals surface area contributed by atoms with E-state index in [9.17, 15) is 9.18 Å². The van der Waals surface area contributed by atoms with E-state index in [1.54, 1.807) is 37.3 Å². The highest BCUT2D eigenvalue weighted by atomic mass is 19.1. The van der Waals surface area contributed by atoms with Gasteiger partial charge in [0.15, 0.2) is 5.82 Å². The maximum absolute atomic E-state index is 13.1. The highest BCUT2D eigenvalue weighted by molar-refractivity contribution is 5.94. The van der Waals surface area contributed by atoms with Crippen molar-refractivity contribution in [2.24, 2.45) is 0 Å². The smallest absolute Gasteiger partial charge is 0.251 e. The molecular formula is C18H17FN4O2. The molecule has 0 aliphatic heterocycles. The summed E-state index contributed by atoms with van der Waals surface area (Å²) in [7, 11) is 0. The minimum absolute atomic E-state index is 0.227. The standard InChI is InChI=1S/C18H17FN4O2/c1-12-21-17(23-22-12)10-20-18(24)14-5-2-4-13(8-14)11-25-16-7-3-6-15(19)9-16/h2-9H,10-11H2,1H3,(H,20,24)(H,21,22,23). The molecule has 2 aromatic carbocycles. The maximum Gasteiger partial charge on any atom is 0.251 e. The third-order valence-corrected chi connectivity index (χ3v) is 3.44. The Morgan fingerprint density at radius 1 is 1.24 bits per heavy atom. The Labute approximate surface area is 144 Å². The molecule has 25 heavy (non-hydrogen) atoms. The first-order valence-electron chi connectivity index (χ1n) is 7.73. The van der Waals surface area contributed by atoms with Gasteiger partial charge in [0.1, 0.15) is 24.0 Å². The van der Waals surface area contributed by atoms with Crippen LogP contribution < -0.4 is 10.1 Å². The summed E-state index contributed by atoms with van der Waals surface area (Å²) in [5, 5.41) is 9.45. The van der Waals surface area contributed by atoms with Crippen LogP contribution in [0.4, 0.5) is 4.39 Å². The van der Waals surface area contributed by atoms with Crippen molar-refractivity contribution in [2.75, 3.05) is 0 Å². The number of benzene rings is 2. The van der Waals surface area contributed by atoms with Gasteiger partial charge in [-0.1, -0.05) is 18.2 Å². The second-order valence-electron chi connectivity index (χ2n) is 5.47. The zero-order chi connectivity index (χ0) is 17.6. The number of H-pyrrole nitrogens is 1. The van der Waals surface area contributed by atoms with Crippen molar-refractivity contribution in [1.29, 1.82) is 0 Å². The summed E-state index contributed by atoms with van der Waals surface area (Å²) in [6.45, 7) is 2.28. The number of carbonyl (C=O) groups is 1. The van der Waals surface area contributed by atoms with E-state index in [1.165, 1.54) is 12.1 Å². The Balaban J connectivity index is 1.59. The van der Waals surface area contributed by atoms with Crippen LogP contribution in [0.3, 0.4) is 0 Å². The monoisotopic (exact) mass is 340 g/mol. The summed E-state index contributed by atoms with van der Waals surface area (Å²) >= 11 is 0. The average Bonchev–Trinajstić information content (AvgIpc) is 3.03. The lowest BCUT2D eigenvalue weighted by Gasteiger charge is -2.08. The van der Waals surface area contributed by atoms with E-state index in [1.807, 2.05) is 6.07 Å². The zero-order valence-electron chi connectivity index (χ0n) is 13.6. The molecule has 3 aromatic rings. The molecule has 2 N–H and O–H groups in total. The predicted molar refractivity (Wildman–Crippen MR) is 89.5 cm³/mol. The van der Waals surface area contributed by atoms with Crippen LogP contribution >= 0.6 is 0 Å². The van der Waals surface area contributed by atoms with Gasteiger partial charge in [-0.15, -0.1) is 0 Å². The summed E-state index contributed by atoms with van der Waals surface area (Å²) in [5.74, 6) is 1.08. The van der Waals surface area contributed by atoms with Crippen molar-refractivity contribution >= 4 is 5.91 Å². The van der Waals surface area contributed by atoms with E-state index >= 15 is 0 Å². The molecule has 1 aromatic heterocycles. The van der Waals surface area contributed by atoms with Crippen LogP contribution in [-0.4, -0.2) is 21.1 Å². The van der Waals surface area contributed by atoms with Gasteiger partial charge in [-0.25, -0.2) is 9.37 Å². The molecule has 0 radical (unpaired) electrons. The van der Waals surface area contributed by atoms with Crippen LogP contribution in [0.15, 0.2) is 48.5 Å². The number of aromatic nitrogens is 3. The molecule has 0 fully saturated rings. The third-order valence-electron chi connectivity index (χ3n) is 3.44. The lowest BCUT2D eigenvalue weighted by Crippen LogP contribution is -2.23. The Bertz CT molecular complexity index is 879. The molecule has 1 heterocycles. The van der Waals surface area contributed by atoms with Crippen LogP contribution in [-0.2, 0) is 13.2 Å². The van der Waals surface area contributed by atoms with E-state index in [2.05, 4.69) is 20.5 Å². The molecule has 0 saturated heterocycles. The van der Waals surface area contributed by atoms with Crippen LogP contribution in [0.1, 0.15) is 27.6 Å². The summed E-state index contributed by atoms with van der Waals surface area (Å²) < 4.78 is 18.7. The van der Waals surface area contributed by atoms with Crippen LogP contribution in [0.2, 0.25) is 0 Å². The number of hydrogen-bond donors (Lipinski definition) is 2. The van der Waals surface area contributed by atoms with E-state index in [-0.39, 0.29) is 24.9 Å². The minimum atomic E-state index is -0.354. The number of nitrogens with one attached hydrogen (secondary N) is 2. The number of nitrogens with zero attached hydrogens (tertiary/aromatic N) is 2. The summed E-state index contributed by atoms with van der Waals surface area (Å²) in [4.78, 5) is 16.4. The van der Waals surface area contributed by atoms with E-state index < -0.39 is 0 Å². The van der Waals surface area contributed by atoms with Crippen molar-refractivity contribution in [1.82, 2.24) is 20.5 Å². The quantitative estimate of drug-likeness (QED) is 0.723. The molecule has 6 nitrogen and oxygen atoms in total. The molecule has 0 aliphatic carbocycles. The van der Waals surface area contributed by atoms with Gasteiger partial charge in [0.05, 0.1) is 6.54 Å². The van der Waals surface area contributed by atoms with Crippen LogP contribution in [0.25, 0.3) is 0 Å². The summed E-state index contributed by atoms with van der Waals surface area (Å²) in [5.41, 5.74) is 1.32. The summed E-state index contributed by atoms with van der Waals surface area (Å²) in [6.07, 6.45) is 0. The van der Waals surface area contributed by atoms with Crippen molar-refractivity contribution in [3.63, 3.8) is 0 Å². The molecule has 0 aliphatic rings. The second kappa shape index (κ2) is 7.57. The van der Waals surface area contributed by atoms with E-state index in [4.69, 9.17) is 4.74 Å². The van der Waals surface area contributed by atoms with Gasteiger partial charge in [0.2, 0.25) is 0 Å². The number of hydrogen-bond acceptors (Lipinski definition) is 4. The molecule has 1 amide bonds. The van der Waals surface area contributed by atoms with Crippen molar-refractivity contribution in [3.8, 4) is 5.75 Å². The molecule has 0 bridgehead atoms. The number of aromatic amines is 1. The van der Waals surface area contributed by atoms with Gasteiger partial charge >= 0.3 is 0 Å². The lowest BCUT2D eigenvalue weighted by molar-refractivity contribution is 0.0949. The van der Waals surface area contributed by atoms with E-state index in [0.29, 0.717) is 23.0 Å². The van der Waals surface area contributed by atoms with Crippen LogP contribution in [0.5, 0.6) is 5.75 Å². The van der Waals surface area contributed by atoms with Crippen molar-refractivity contribution in [3.05, 3.63) is 77.1 Å². The topological polar surface area (TPSA) is 79.9 Å². The number of amides is 1. The van der Waals surface area contributed by atoms with Crippen LogP contribution in [0, 0.1) is 12.7 Å². The first-order chi connectivity index (χ1) is 12.1. The molecule has 128 valence electrons. The van der Waals surface area contributed by atoms with Gasteiger partial charge in [-0.3, -0.25) is 9.89 Å². The number of rotatable bonds is 6. The van der Waals surface area contributed by atoms with Gasteiger partial charge in [-0.05, 0) is 36.8 Å². The normalized spacial score (nSPS) is 10.5.